The number of aliphatic imine (C=N–C) groups is 2. The standard InChI is InChI=1S/C12H17NO3.C2H5N/c14-8-12(9-15,10-16)13-7-6-11-4-2-1-3-5-11;1-3-2/h1-5,7,14-16H,6,8-10H2;1H2,2H3. The van der Waals surface area contributed by atoms with Gasteiger partial charge in [0.05, 0.1) is 19.8 Å². The predicted octanol–water partition coefficient (Wildman–Crippen LogP) is 0.332. The lowest BCUT2D eigenvalue weighted by atomic mass is 10.0. The van der Waals surface area contributed by atoms with Gasteiger partial charge in [0, 0.05) is 19.7 Å². The molecule has 0 atom stereocenters. The highest BCUT2D eigenvalue weighted by Crippen LogP contribution is 2.08. The maximum absolute atomic E-state index is 9.04. The second-order valence-corrected chi connectivity index (χ2v) is 4.02. The molecule has 0 saturated carbocycles. The Morgan fingerprint density at radius 2 is 1.58 bits per heavy atom. The van der Waals surface area contributed by atoms with E-state index >= 15 is 0 Å². The molecular weight excluding hydrogens is 244 g/mol. The Hall–Kier alpha value is -1.56. The molecule has 1 rings (SSSR count). The van der Waals surface area contributed by atoms with Crippen molar-refractivity contribution < 1.29 is 15.3 Å². The number of nitrogens with zero attached hydrogens (tertiary/aromatic N) is 2. The van der Waals surface area contributed by atoms with Crippen molar-refractivity contribution >= 4 is 12.9 Å². The molecule has 5 nitrogen and oxygen atoms in total. The van der Waals surface area contributed by atoms with Crippen molar-refractivity contribution in [2.45, 2.75) is 12.0 Å². The van der Waals surface area contributed by atoms with E-state index in [2.05, 4.69) is 16.7 Å². The number of hydrogen-bond acceptors (Lipinski definition) is 5. The van der Waals surface area contributed by atoms with Crippen LogP contribution in [-0.2, 0) is 6.42 Å². The summed E-state index contributed by atoms with van der Waals surface area (Å²) >= 11 is 0. The van der Waals surface area contributed by atoms with Crippen LogP contribution < -0.4 is 0 Å². The summed E-state index contributed by atoms with van der Waals surface area (Å²) < 4.78 is 0. The van der Waals surface area contributed by atoms with Gasteiger partial charge in [0.2, 0.25) is 0 Å². The lowest BCUT2D eigenvalue weighted by molar-refractivity contribution is 0.0717. The van der Waals surface area contributed by atoms with Gasteiger partial charge < -0.3 is 20.3 Å². The van der Waals surface area contributed by atoms with Gasteiger partial charge in [0.1, 0.15) is 5.54 Å². The highest BCUT2D eigenvalue weighted by molar-refractivity contribution is 5.62. The van der Waals surface area contributed by atoms with Gasteiger partial charge in [-0.25, -0.2) is 0 Å². The maximum Gasteiger partial charge on any atom is 0.129 e. The molecule has 1 aromatic rings. The zero-order chi connectivity index (χ0) is 14.6. The second-order valence-electron chi connectivity index (χ2n) is 4.02. The van der Waals surface area contributed by atoms with Crippen LogP contribution in [-0.4, -0.2) is 60.7 Å². The molecule has 0 saturated heterocycles. The summed E-state index contributed by atoms with van der Waals surface area (Å²) in [5.41, 5.74) is -0.0663. The average molecular weight is 266 g/mol. The summed E-state index contributed by atoms with van der Waals surface area (Å²) in [6.45, 7) is 2.00. The largest absolute Gasteiger partial charge is 0.394 e. The summed E-state index contributed by atoms with van der Waals surface area (Å²) in [6, 6.07) is 9.72. The van der Waals surface area contributed by atoms with Crippen LogP contribution in [0.2, 0.25) is 0 Å². The zero-order valence-corrected chi connectivity index (χ0v) is 11.2. The highest BCUT2D eigenvalue weighted by Gasteiger charge is 2.25. The normalized spacial score (nSPS) is 10.9. The Bertz CT molecular complexity index is 354. The van der Waals surface area contributed by atoms with Crippen molar-refractivity contribution in [2.24, 2.45) is 9.98 Å². The topological polar surface area (TPSA) is 85.4 Å². The molecule has 0 amide bonds. The third-order valence-corrected chi connectivity index (χ3v) is 2.42. The van der Waals surface area contributed by atoms with Gasteiger partial charge >= 0.3 is 0 Å². The van der Waals surface area contributed by atoms with Crippen molar-refractivity contribution in [2.75, 3.05) is 26.9 Å². The van der Waals surface area contributed by atoms with E-state index in [4.69, 9.17) is 15.3 Å². The Morgan fingerprint density at radius 3 is 2.00 bits per heavy atom. The van der Waals surface area contributed by atoms with E-state index in [1.165, 1.54) is 0 Å². The van der Waals surface area contributed by atoms with E-state index in [0.717, 1.165) is 5.56 Å². The summed E-state index contributed by atoms with van der Waals surface area (Å²) in [5.74, 6) is 0. The summed E-state index contributed by atoms with van der Waals surface area (Å²) in [5, 5.41) is 27.1. The molecule has 0 aromatic heterocycles. The van der Waals surface area contributed by atoms with E-state index in [1.807, 2.05) is 30.3 Å². The van der Waals surface area contributed by atoms with Crippen molar-refractivity contribution in [1.29, 1.82) is 0 Å². The highest BCUT2D eigenvalue weighted by atomic mass is 16.3. The van der Waals surface area contributed by atoms with Gasteiger partial charge in [-0.2, -0.15) is 0 Å². The molecule has 0 bridgehead atoms. The maximum atomic E-state index is 9.04. The van der Waals surface area contributed by atoms with E-state index in [9.17, 15) is 0 Å². The first-order valence-electron chi connectivity index (χ1n) is 5.93. The minimum Gasteiger partial charge on any atom is -0.394 e. The van der Waals surface area contributed by atoms with Crippen LogP contribution >= 0.6 is 0 Å². The average Bonchev–Trinajstić information content (AvgIpc) is 2.46. The zero-order valence-electron chi connectivity index (χ0n) is 11.2. The van der Waals surface area contributed by atoms with Crippen LogP contribution in [0.1, 0.15) is 5.56 Å². The SMILES string of the molecule is C=NC.OCC(CO)(CO)N=CCc1ccccc1. The summed E-state index contributed by atoms with van der Waals surface area (Å²) in [7, 11) is 1.64. The molecule has 0 aliphatic carbocycles. The number of benzene rings is 1. The van der Waals surface area contributed by atoms with E-state index in [1.54, 1.807) is 13.3 Å². The quantitative estimate of drug-likeness (QED) is 0.649. The van der Waals surface area contributed by atoms with Gasteiger partial charge in [-0.3, -0.25) is 4.99 Å². The van der Waals surface area contributed by atoms with Crippen LogP contribution in [0.4, 0.5) is 0 Å². The minimum atomic E-state index is -1.16. The molecule has 0 aliphatic rings. The Balaban J connectivity index is 0.000000982. The van der Waals surface area contributed by atoms with Gasteiger partial charge in [0.15, 0.2) is 0 Å². The Kier molecular flexibility index (Phi) is 9.52. The second kappa shape index (κ2) is 10.4. The fourth-order valence-corrected chi connectivity index (χ4v) is 1.23. The molecule has 0 unspecified atom stereocenters. The number of aliphatic hydroxyl groups is 3. The molecule has 3 N–H and O–H groups in total. The lowest BCUT2D eigenvalue weighted by Gasteiger charge is -2.21. The van der Waals surface area contributed by atoms with Crippen molar-refractivity contribution in [3.8, 4) is 0 Å². The molecule has 0 radical (unpaired) electrons. The molecule has 0 aliphatic heterocycles. The van der Waals surface area contributed by atoms with Crippen molar-refractivity contribution in [1.82, 2.24) is 0 Å². The third-order valence-electron chi connectivity index (χ3n) is 2.42. The fourth-order valence-electron chi connectivity index (χ4n) is 1.23. The molecule has 0 heterocycles. The molecular formula is C14H22N2O3. The van der Waals surface area contributed by atoms with Gasteiger partial charge in [-0.15, -0.1) is 0 Å². The summed E-state index contributed by atoms with van der Waals surface area (Å²) in [4.78, 5) is 7.28. The lowest BCUT2D eigenvalue weighted by Crippen LogP contribution is -2.39. The first-order valence-corrected chi connectivity index (χ1v) is 5.93. The van der Waals surface area contributed by atoms with E-state index in [0.29, 0.717) is 6.42 Å². The molecule has 0 spiro atoms. The Morgan fingerprint density at radius 1 is 1.11 bits per heavy atom. The minimum absolute atomic E-state index is 0.370. The number of aliphatic hydroxyl groups excluding tert-OH is 3. The Labute approximate surface area is 114 Å². The molecule has 106 valence electrons. The smallest absolute Gasteiger partial charge is 0.129 e. The number of hydrogen-bond donors (Lipinski definition) is 3. The third kappa shape index (κ3) is 6.81. The van der Waals surface area contributed by atoms with Crippen molar-refractivity contribution in [3.63, 3.8) is 0 Å². The molecule has 19 heavy (non-hydrogen) atoms. The van der Waals surface area contributed by atoms with Crippen LogP contribution in [0, 0.1) is 0 Å². The number of rotatable bonds is 6. The van der Waals surface area contributed by atoms with Crippen LogP contribution in [0.5, 0.6) is 0 Å². The van der Waals surface area contributed by atoms with Crippen molar-refractivity contribution in [3.05, 3.63) is 35.9 Å². The first kappa shape index (κ1) is 17.4. The van der Waals surface area contributed by atoms with E-state index < -0.39 is 5.54 Å². The van der Waals surface area contributed by atoms with Gasteiger partial charge in [0.25, 0.3) is 0 Å². The van der Waals surface area contributed by atoms with Crippen LogP contribution in [0.25, 0.3) is 0 Å². The van der Waals surface area contributed by atoms with E-state index in [-0.39, 0.29) is 19.8 Å². The summed E-state index contributed by atoms with van der Waals surface area (Å²) in [6.07, 6.45) is 2.22. The van der Waals surface area contributed by atoms with Gasteiger partial charge in [-0.1, -0.05) is 30.3 Å². The van der Waals surface area contributed by atoms with Crippen LogP contribution in [0.15, 0.2) is 40.3 Å². The monoisotopic (exact) mass is 266 g/mol. The fraction of sp³-hybridized carbons (Fsp3) is 0.429. The van der Waals surface area contributed by atoms with Crippen LogP contribution in [0.3, 0.4) is 0 Å². The molecule has 1 aromatic carbocycles. The first-order chi connectivity index (χ1) is 9.17. The predicted molar refractivity (Wildman–Crippen MR) is 78.1 cm³/mol. The molecule has 5 heteroatoms. The molecule has 0 fully saturated rings. The van der Waals surface area contributed by atoms with Gasteiger partial charge in [-0.05, 0) is 12.3 Å².